The van der Waals surface area contributed by atoms with Crippen molar-refractivity contribution in [2.75, 3.05) is 0 Å². The summed E-state index contributed by atoms with van der Waals surface area (Å²) in [6, 6.07) is 0. The van der Waals surface area contributed by atoms with Crippen LogP contribution in [-0.2, 0) is 4.79 Å². The topological polar surface area (TPSA) is 225 Å². The summed E-state index contributed by atoms with van der Waals surface area (Å²) in [5.41, 5.74) is -0.460. The number of amides is 1. The van der Waals surface area contributed by atoms with E-state index in [-0.39, 0.29) is 0 Å². The second-order valence-electron chi connectivity index (χ2n) is 4.34. The minimum atomic E-state index is -5.87. The van der Waals surface area contributed by atoms with E-state index in [0.29, 0.717) is 0 Å². The second-order valence-corrected chi connectivity index (χ2v) is 4.34. The van der Waals surface area contributed by atoms with Crippen LogP contribution in [0.2, 0.25) is 0 Å². The van der Waals surface area contributed by atoms with E-state index < -0.39 is 40.6 Å². The van der Waals surface area contributed by atoms with Crippen molar-refractivity contribution in [3.8, 4) is 0 Å². The standard InChI is InChI=1S/C7H11F2NO10/c8-3(9)6(17,18)4(13,14)2(12,1(10)11)5(15,16)7(3,19)20/h12-20H,(H2,10,11). The van der Waals surface area contributed by atoms with Gasteiger partial charge in [0.1, 0.15) is 0 Å². The number of rotatable bonds is 1. The molecule has 0 radical (unpaired) electrons. The van der Waals surface area contributed by atoms with E-state index in [9.17, 15) is 39.1 Å². The number of nitrogens with two attached hydrogens (primary N) is 1. The van der Waals surface area contributed by atoms with Crippen LogP contribution in [0.5, 0.6) is 0 Å². The smallest absolute Gasteiger partial charge is 0.363 e. The maximum absolute atomic E-state index is 13.5. The number of carbonyl (C=O) groups excluding carboxylic acids is 1. The lowest BCUT2D eigenvalue weighted by Crippen LogP contribution is -2.95. The summed E-state index contributed by atoms with van der Waals surface area (Å²) in [7, 11) is 0. The zero-order chi connectivity index (χ0) is 16.6. The number of hydrogen-bond acceptors (Lipinski definition) is 10. The molecule has 1 amide bonds. The normalized spacial score (nSPS) is 31.6. The zero-order valence-corrected chi connectivity index (χ0v) is 9.27. The van der Waals surface area contributed by atoms with Crippen molar-refractivity contribution in [3.05, 3.63) is 0 Å². The fourth-order valence-electron chi connectivity index (χ4n) is 1.77. The van der Waals surface area contributed by atoms with Crippen molar-refractivity contribution >= 4 is 5.91 Å². The van der Waals surface area contributed by atoms with Crippen LogP contribution in [0.1, 0.15) is 0 Å². The molecule has 118 valence electrons. The van der Waals surface area contributed by atoms with Crippen molar-refractivity contribution in [2.24, 2.45) is 5.73 Å². The predicted octanol–water partition coefficient (Wildman–Crippen LogP) is -6.42. The first-order chi connectivity index (χ1) is 8.44. The monoisotopic (exact) mass is 307 g/mol. The van der Waals surface area contributed by atoms with E-state index in [1.807, 2.05) is 0 Å². The molecule has 1 saturated carbocycles. The Morgan fingerprint density at radius 2 is 0.950 bits per heavy atom. The number of primary amides is 1. The summed E-state index contributed by atoms with van der Waals surface area (Å²) >= 11 is 0. The number of aliphatic hydroxyl groups is 9. The lowest BCUT2D eigenvalue weighted by Gasteiger charge is -2.59. The molecule has 0 aliphatic heterocycles. The molecular formula is C7H11F2NO10. The van der Waals surface area contributed by atoms with E-state index in [4.69, 9.17) is 20.4 Å². The Bertz CT molecular complexity index is 429. The summed E-state index contributed by atoms with van der Waals surface area (Å²) in [6.45, 7) is 0. The third-order valence-corrected chi connectivity index (χ3v) is 3.21. The highest BCUT2D eigenvalue weighted by atomic mass is 19.3. The van der Waals surface area contributed by atoms with Gasteiger partial charge in [0, 0.05) is 0 Å². The minimum absolute atomic E-state index is 2.59. The molecule has 1 aliphatic carbocycles. The average Bonchev–Trinajstić information content (AvgIpc) is 2.24. The predicted molar refractivity (Wildman–Crippen MR) is 47.8 cm³/mol. The second kappa shape index (κ2) is 3.59. The Hall–Kier alpha value is -1.03. The van der Waals surface area contributed by atoms with Crippen LogP contribution < -0.4 is 5.73 Å². The molecule has 0 aromatic carbocycles. The molecule has 0 heterocycles. The SMILES string of the molecule is NC(=O)C1(O)C(O)(O)C(O)(O)C(F)(F)C(O)(O)C1(O)O. The van der Waals surface area contributed by atoms with Crippen LogP contribution in [-0.4, -0.2) is 86.5 Å². The molecule has 1 aliphatic rings. The van der Waals surface area contributed by atoms with E-state index in [1.165, 1.54) is 0 Å². The number of hydrogen-bond donors (Lipinski definition) is 10. The van der Waals surface area contributed by atoms with Crippen LogP contribution >= 0.6 is 0 Å². The van der Waals surface area contributed by atoms with Gasteiger partial charge in [-0.15, -0.1) is 0 Å². The molecule has 13 heteroatoms. The van der Waals surface area contributed by atoms with Gasteiger partial charge in [-0.25, -0.2) is 0 Å². The molecule has 0 atom stereocenters. The Morgan fingerprint density at radius 1 is 0.700 bits per heavy atom. The lowest BCUT2D eigenvalue weighted by atomic mass is 9.65. The average molecular weight is 307 g/mol. The van der Waals surface area contributed by atoms with Crippen molar-refractivity contribution in [2.45, 2.75) is 34.7 Å². The molecule has 20 heavy (non-hydrogen) atoms. The highest BCUT2D eigenvalue weighted by Gasteiger charge is 2.94. The molecule has 0 aromatic heterocycles. The molecule has 0 spiro atoms. The highest BCUT2D eigenvalue weighted by Crippen LogP contribution is 2.56. The fourth-order valence-corrected chi connectivity index (χ4v) is 1.77. The lowest BCUT2D eigenvalue weighted by molar-refractivity contribution is -0.581. The first kappa shape index (κ1) is 17.0. The van der Waals surface area contributed by atoms with Crippen LogP contribution in [0, 0.1) is 0 Å². The Kier molecular flexibility index (Phi) is 3.06. The van der Waals surface area contributed by atoms with Crippen LogP contribution in [0.25, 0.3) is 0 Å². The summed E-state index contributed by atoms with van der Waals surface area (Å²) in [5, 5.41) is 82.1. The summed E-state index contributed by atoms with van der Waals surface area (Å²) in [4.78, 5) is 10.9. The van der Waals surface area contributed by atoms with Gasteiger partial charge in [-0.2, -0.15) is 8.78 Å². The van der Waals surface area contributed by atoms with E-state index in [0.717, 1.165) is 0 Å². The largest absolute Gasteiger partial charge is 0.371 e. The van der Waals surface area contributed by atoms with Crippen molar-refractivity contribution in [1.82, 2.24) is 0 Å². The maximum Gasteiger partial charge on any atom is 0.363 e. The van der Waals surface area contributed by atoms with Crippen LogP contribution in [0.4, 0.5) is 8.78 Å². The molecule has 0 bridgehead atoms. The van der Waals surface area contributed by atoms with Gasteiger partial charge in [-0.05, 0) is 0 Å². The van der Waals surface area contributed by atoms with E-state index in [2.05, 4.69) is 5.73 Å². The van der Waals surface area contributed by atoms with Gasteiger partial charge in [0.15, 0.2) is 0 Å². The van der Waals surface area contributed by atoms with Crippen LogP contribution in [0.3, 0.4) is 0 Å². The molecule has 0 aromatic rings. The quantitative estimate of drug-likeness (QED) is 0.206. The third-order valence-electron chi connectivity index (χ3n) is 3.21. The van der Waals surface area contributed by atoms with Gasteiger partial charge in [0.2, 0.25) is 0 Å². The molecule has 11 nitrogen and oxygen atoms in total. The van der Waals surface area contributed by atoms with Crippen LogP contribution in [0.15, 0.2) is 0 Å². The molecule has 1 rings (SSSR count). The number of halogens is 2. The first-order valence-electron chi connectivity index (χ1n) is 4.63. The molecule has 0 saturated heterocycles. The minimum Gasteiger partial charge on any atom is -0.371 e. The zero-order valence-electron chi connectivity index (χ0n) is 9.27. The summed E-state index contributed by atoms with van der Waals surface area (Å²) < 4.78 is 26.9. The van der Waals surface area contributed by atoms with Gasteiger partial charge < -0.3 is 51.7 Å². The van der Waals surface area contributed by atoms with Crippen molar-refractivity contribution in [3.63, 3.8) is 0 Å². The maximum atomic E-state index is 13.5. The number of alkyl halides is 2. The molecule has 11 N–H and O–H groups in total. The van der Waals surface area contributed by atoms with Gasteiger partial charge in [0.25, 0.3) is 34.7 Å². The first-order valence-corrected chi connectivity index (χ1v) is 4.63. The molecule has 1 fully saturated rings. The van der Waals surface area contributed by atoms with Gasteiger partial charge in [0.05, 0.1) is 0 Å². The summed E-state index contributed by atoms with van der Waals surface area (Å²) in [6.07, 6.45) is 0. The van der Waals surface area contributed by atoms with Gasteiger partial charge in [-0.1, -0.05) is 0 Å². The third kappa shape index (κ3) is 1.24. The Labute approximate surface area is 107 Å². The van der Waals surface area contributed by atoms with Gasteiger partial charge in [-0.3, -0.25) is 4.79 Å². The molecule has 0 unspecified atom stereocenters. The van der Waals surface area contributed by atoms with Gasteiger partial charge >= 0.3 is 5.92 Å². The highest BCUT2D eigenvalue weighted by molar-refractivity contribution is 5.86. The number of carbonyl (C=O) groups is 1. The van der Waals surface area contributed by atoms with E-state index in [1.54, 1.807) is 0 Å². The molecular weight excluding hydrogens is 296 g/mol. The summed E-state index contributed by atoms with van der Waals surface area (Å²) in [5.74, 6) is -29.3. The fraction of sp³-hybridized carbons (Fsp3) is 0.857. The Balaban J connectivity index is 3.88. The Morgan fingerprint density at radius 3 is 1.15 bits per heavy atom. The van der Waals surface area contributed by atoms with Crippen molar-refractivity contribution < 1.29 is 59.5 Å². The van der Waals surface area contributed by atoms with Crippen molar-refractivity contribution in [1.29, 1.82) is 0 Å². The van der Waals surface area contributed by atoms with E-state index >= 15 is 0 Å².